The number of aliphatic carboxylic acids is 1. The molecule has 0 aliphatic carbocycles. The fourth-order valence-corrected chi connectivity index (χ4v) is 0.959. The molecule has 17 heavy (non-hydrogen) atoms. The van der Waals surface area contributed by atoms with E-state index in [2.05, 4.69) is 20.3 Å². The van der Waals surface area contributed by atoms with Gasteiger partial charge in [0.1, 0.15) is 6.54 Å². The molecule has 0 atom stereocenters. The average molecular weight is 242 g/mol. The highest BCUT2D eigenvalue weighted by molar-refractivity contribution is 5.71. The number of hydrogen-bond acceptors (Lipinski definition) is 7. The topological polar surface area (TPSA) is 106 Å². The molecule has 0 saturated heterocycles. The van der Waals surface area contributed by atoms with E-state index in [0.717, 1.165) is 0 Å². The maximum absolute atomic E-state index is 10.4. The molecule has 8 nitrogen and oxygen atoms in total. The van der Waals surface area contributed by atoms with E-state index in [1.165, 1.54) is 0 Å². The number of ether oxygens (including phenoxy) is 2. The van der Waals surface area contributed by atoms with Crippen LogP contribution in [0.25, 0.3) is 0 Å². The molecular formula is C9H14N4O4. The molecule has 0 amide bonds. The summed E-state index contributed by atoms with van der Waals surface area (Å²) in [5.74, 6) is -0.907. The van der Waals surface area contributed by atoms with Crippen molar-refractivity contribution in [3.05, 3.63) is 0 Å². The third kappa shape index (κ3) is 4.49. The van der Waals surface area contributed by atoms with Crippen LogP contribution in [0, 0.1) is 0 Å². The summed E-state index contributed by atoms with van der Waals surface area (Å²) in [6.07, 6.45) is 0. The lowest BCUT2D eigenvalue weighted by atomic mass is 10.6. The first-order chi connectivity index (χ1) is 8.15. The first-order valence-electron chi connectivity index (χ1n) is 5.13. The zero-order valence-electron chi connectivity index (χ0n) is 9.63. The van der Waals surface area contributed by atoms with Gasteiger partial charge in [-0.25, -0.2) is 0 Å². The molecule has 1 aromatic heterocycles. The molecule has 1 aromatic rings. The van der Waals surface area contributed by atoms with Crippen molar-refractivity contribution in [3.8, 4) is 12.0 Å². The van der Waals surface area contributed by atoms with Gasteiger partial charge in [0.05, 0.1) is 13.2 Å². The maximum atomic E-state index is 10.4. The third-order valence-corrected chi connectivity index (χ3v) is 1.54. The Morgan fingerprint density at radius 3 is 2.12 bits per heavy atom. The molecule has 0 saturated carbocycles. The highest BCUT2D eigenvalue weighted by atomic mass is 16.5. The zero-order chi connectivity index (χ0) is 12.7. The van der Waals surface area contributed by atoms with Gasteiger partial charge < -0.3 is 19.9 Å². The van der Waals surface area contributed by atoms with Crippen molar-refractivity contribution in [1.82, 2.24) is 15.0 Å². The van der Waals surface area contributed by atoms with E-state index < -0.39 is 5.97 Å². The number of anilines is 1. The van der Waals surface area contributed by atoms with Gasteiger partial charge in [0.25, 0.3) is 0 Å². The number of rotatable bonds is 7. The summed E-state index contributed by atoms with van der Waals surface area (Å²) < 4.78 is 10.2. The molecule has 0 aromatic carbocycles. The second-order valence-electron chi connectivity index (χ2n) is 2.84. The number of carbonyl (C=O) groups is 1. The van der Waals surface area contributed by atoms with E-state index in [-0.39, 0.29) is 24.5 Å². The van der Waals surface area contributed by atoms with Crippen molar-refractivity contribution < 1.29 is 19.4 Å². The van der Waals surface area contributed by atoms with Crippen LogP contribution in [-0.4, -0.2) is 45.8 Å². The molecule has 0 bridgehead atoms. The Morgan fingerprint density at radius 2 is 1.71 bits per heavy atom. The highest BCUT2D eigenvalue weighted by Crippen LogP contribution is 2.12. The molecule has 1 heterocycles. The van der Waals surface area contributed by atoms with Gasteiger partial charge in [-0.05, 0) is 13.8 Å². The van der Waals surface area contributed by atoms with E-state index >= 15 is 0 Å². The van der Waals surface area contributed by atoms with Crippen LogP contribution in [0.15, 0.2) is 0 Å². The number of nitrogens with zero attached hydrogens (tertiary/aromatic N) is 3. The van der Waals surface area contributed by atoms with Crippen molar-refractivity contribution in [2.75, 3.05) is 25.1 Å². The molecule has 0 radical (unpaired) electrons. The first kappa shape index (κ1) is 12.9. The summed E-state index contributed by atoms with van der Waals surface area (Å²) in [4.78, 5) is 22.0. The Morgan fingerprint density at radius 1 is 1.18 bits per heavy atom. The summed E-state index contributed by atoms with van der Waals surface area (Å²) in [6, 6.07) is 0.192. The molecule has 8 heteroatoms. The van der Waals surface area contributed by atoms with Crippen LogP contribution in [0.2, 0.25) is 0 Å². The molecular weight excluding hydrogens is 228 g/mol. The minimum atomic E-state index is -1.01. The SMILES string of the molecule is CCOc1nc(NCC(=O)O)nc(OCC)n1. The smallest absolute Gasteiger partial charge is 0.324 e. The molecule has 0 aliphatic heterocycles. The standard InChI is InChI=1S/C9H14N4O4/c1-3-16-8-11-7(10-5-6(14)15)12-9(13-8)17-4-2/h3-5H2,1-2H3,(H,14,15)(H,10,11,12,13). The van der Waals surface area contributed by atoms with Gasteiger partial charge in [0.15, 0.2) is 0 Å². The van der Waals surface area contributed by atoms with Crippen molar-refractivity contribution in [1.29, 1.82) is 0 Å². The largest absolute Gasteiger partial charge is 0.480 e. The van der Waals surface area contributed by atoms with Crippen LogP contribution in [0.3, 0.4) is 0 Å². The summed E-state index contributed by atoms with van der Waals surface area (Å²) in [7, 11) is 0. The first-order valence-corrected chi connectivity index (χ1v) is 5.13. The van der Waals surface area contributed by atoms with Crippen molar-refractivity contribution in [2.45, 2.75) is 13.8 Å². The van der Waals surface area contributed by atoms with Crippen LogP contribution < -0.4 is 14.8 Å². The van der Waals surface area contributed by atoms with Crippen LogP contribution >= 0.6 is 0 Å². The average Bonchev–Trinajstić information content (AvgIpc) is 2.27. The number of nitrogens with one attached hydrogen (secondary N) is 1. The number of hydrogen-bond donors (Lipinski definition) is 2. The summed E-state index contributed by atoms with van der Waals surface area (Å²) >= 11 is 0. The summed E-state index contributed by atoms with van der Waals surface area (Å²) in [5.41, 5.74) is 0. The van der Waals surface area contributed by atoms with Gasteiger partial charge in [-0.2, -0.15) is 9.97 Å². The molecule has 0 fully saturated rings. The van der Waals surface area contributed by atoms with Crippen molar-refractivity contribution in [3.63, 3.8) is 0 Å². The van der Waals surface area contributed by atoms with Gasteiger partial charge in [0.2, 0.25) is 5.95 Å². The monoisotopic (exact) mass is 242 g/mol. The Kier molecular flexibility index (Phi) is 4.92. The van der Waals surface area contributed by atoms with Crippen LogP contribution in [-0.2, 0) is 4.79 Å². The number of carboxylic acids is 1. The fraction of sp³-hybridized carbons (Fsp3) is 0.556. The summed E-state index contributed by atoms with van der Waals surface area (Å²) in [6.45, 7) is 4.08. The van der Waals surface area contributed by atoms with Gasteiger partial charge in [0, 0.05) is 0 Å². The van der Waals surface area contributed by atoms with Crippen molar-refractivity contribution >= 4 is 11.9 Å². The predicted octanol–water partition coefficient (Wildman–Crippen LogP) is 0.165. The molecule has 2 N–H and O–H groups in total. The molecule has 0 spiro atoms. The Bertz CT molecular complexity index is 361. The van der Waals surface area contributed by atoms with Crippen LogP contribution in [0.4, 0.5) is 5.95 Å². The molecule has 0 aliphatic rings. The zero-order valence-corrected chi connectivity index (χ0v) is 9.63. The maximum Gasteiger partial charge on any atom is 0.324 e. The Labute approximate surface area is 98.0 Å². The quantitative estimate of drug-likeness (QED) is 0.696. The minimum Gasteiger partial charge on any atom is -0.480 e. The third-order valence-electron chi connectivity index (χ3n) is 1.54. The lowest BCUT2D eigenvalue weighted by Gasteiger charge is -2.07. The molecule has 1 rings (SSSR count). The summed E-state index contributed by atoms with van der Waals surface area (Å²) in [5, 5.41) is 11.0. The van der Waals surface area contributed by atoms with E-state index in [1.807, 2.05) is 0 Å². The van der Waals surface area contributed by atoms with Crippen LogP contribution in [0.5, 0.6) is 12.0 Å². The van der Waals surface area contributed by atoms with Gasteiger partial charge in [-0.1, -0.05) is 0 Å². The lowest BCUT2D eigenvalue weighted by molar-refractivity contribution is -0.134. The van der Waals surface area contributed by atoms with E-state index in [9.17, 15) is 4.79 Å². The number of aromatic nitrogens is 3. The fourth-order valence-electron chi connectivity index (χ4n) is 0.959. The van der Waals surface area contributed by atoms with E-state index in [0.29, 0.717) is 13.2 Å². The molecule has 94 valence electrons. The van der Waals surface area contributed by atoms with Crippen molar-refractivity contribution in [2.24, 2.45) is 0 Å². The van der Waals surface area contributed by atoms with Gasteiger partial charge in [-0.3, -0.25) is 4.79 Å². The van der Waals surface area contributed by atoms with E-state index in [4.69, 9.17) is 14.6 Å². The molecule has 0 unspecified atom stereocenters. The number of carboxylic acid groups (broad SMARTS) is 1. The highest BCUT2D eigenvalue weighted by Gasteiger charge is 2.08. The Balaban J connectivity index is 2.82. The normalized spacial score (nSPS) is 9.76. The van der Waals surface area contributed by atoms with Gasteiger partial charge >= 0.3 is 18.0 Å². The Hall–Kier alpha value is -2.12. The predicted molar refractivity (Wildman–Crippen MR) is 58.3 cm³/mol. The van der Waals surface area contributed by atoms with Gasteiger partial charge in [-0.15, -0.1) is 4.98 Å². The second kappa shape index (κ2) is 6.46. The minimum absolute atomic E-state index is 0.0961. The van der Waals surface area contributed by atoms with E-state index in [1.54, 1.807) is 13.8 Å². The van der Waals surface area contributed by atoms with Crippen LogP contribution in [0.1, 0.15) is 13.8 Å². The second-order valence-corrected chi connectivity index (χ2v) is 2.84. The lowest BCUT2D eigenvalue weighted by Crippen LogP contribution is -2.15.